The number of hydrogen-bond acceptors (Lipinski definition) is 4. The Kier molecular flexibility index (Phi) is 3.94. The van der Waals surface area contributed by atoms with E-state index in [1.54, 1.807) is 24.4 Å². The van der Waals surface area contributed by atoms with Gasteiger partial charge in [-0.05, 0) is 25.1 Å². The zero-order valence-corrected chi connectivity index (χ0v) is 10.7. The summed E-state index contributed by atoms with van der Waals surface area (Å²) in [5.74, 6) is 0.737. The minimum atomic E-state index is -0.177. The third-order valence-corrected chi connectivity index (χ3v) is 2.71. The fourth-order valence-corrected chi connectivity index (χ4v) is 1.69. The number of nitrogens with one attached hydrogen (secondary N) is 1. The molecule has 6 heteroatoms. The second-order valence-electron chi connectivity index (χ2n) is 3.67. The zero-order valence-electron chi connectivity index (χ0n) is 9.93. The Labute approximate surface area is 109 Å². The van der Waals surface area contributed by atoms with Crippen LogP contribution in [0.1, 0.15) is 12.6 Å². The minimum Gasteiger partial charge on any atom is -0.370 e. The van der Waals surface area contributed by atoms with Crippen LogP contribution in [-0.2, 0) is 6.54 Å². The van der Waals surface area contributed by atoms with Crippen LogP contribution in [0.2, 0.25) is 5.02 Å². The van der Waals surface area contributed by atoms with E-state index >= 15 is 0 Å². The van der Waals surface area contributed by atoms with Gasteiger partial charge in [0, 0.05) is 18.8 Å². The van der Waals surface area contributed by atoms with Gasteiger partial charge in [0.25, 0.3) is 5.56 Å². The molecule has 0 saturated carbocycles. The predicted octanol–water partition coefficient (Wildman–Crippen LogP) is 1.77. The number of anilines is 1. The maximum atomic E-state index is 11.6. The first kappa shape index (κ1) is 12.6. The molecule has 5 nitrogen and oxygen atoms in total. The van der Waals surface area contributed by atoms with Crippen LogP contribution in [0.4, 0.5) is 5.82 Å². The van der Waals surface area contributed by atoms with E-state index in [1.165, 1.54) is 10.7 Å². The fraction of sp³-hybridized carbons (Fsp3) is 0.250. The van der Waals surface area contributed by atoms with Crippen molar-refractivity contribution in [3.63, 3.8) is 0 Å². The summed E-state index contributed by atoms with van der Waals surface area (Å²) >= 11 is 6.07. The summed E-state index contributed by atoms with van der Waals surface area (Å²) < 4.78 is 1.32. The van der Waals surface area contributed by atoms with Crippen molar-refractivity contribution in [3.8, 4) is 0 Å². The van der Waals surface area contributed by atoms with Crippen LogP contribution in [0.15, 0.2) is 35.3 Å². The monoisotopic (exact) mass is 264 g/mol. The van der Waals surface area contributed by atoms with E-state index in [-0.39, 0.29) is 12.1 Å². The highest BCUT2D eigenvalue weighted by molar-refractivity contribution is 6.31. The SMILES string of the molecule is CCNc1ccc(Cl)c(Cn2ncccc2=O)n1. The Bertz CT molecular complexity index is 597. The van der Waals surface area contributed by atoms with Gasteiger partial charge in [0.15, 0.2) is 0 Å². The first-order valence-corrected chi connectivity index (χ1v) is 6.00. The molecule has 0 aromatic carbocycles. The summed E-state index contributed by atoms with van der Waals surface area (Å²) in [5.41, 5.74) is 0.445. The molecule has 0 unspecified atom stereocenters. The Balaban J connectivity index is 2.31. The molecule has 0 aliphatic rings. The van der Waals surface area contributed by atoms with E-state index in [4.69, 9.17) is 11.6 Å². The van der Waals surface area contributed by atoms with Crippen LogP contribution in [0.25, 0.3) is 0 Å². The van der Waals surface area contributed by atoms with Gasteiger partial charge in [0.2, 0.25) is 0 Å². The van der Waals surface area contributed by atoms with Gasteiger partial charge in [-0.3, -0.25) is 4.79 Å². The lowest BCUT2D eigenvalue weighted by Gasteiger charge is -2.08. The Hall–Kier alpha value is -1.88. The quantitative estimate of drug-likeness (QED) is 0.914. The van der Waals surface area contributed by atoms with Gasteiger partial charge < -0.3 is 5.32 Å². The maximum Gasteiger partial charge on any atom is 0.267 e. The van der Waals surface area contributed by atoms with Crippen molar-refractivity contribution >= 4 is 17.4 Å². The molecule has 0 bridgehead atoms. The second kappa shape index (κ2) is 5.64. The van der Waals surface area contributed by atoms with Crippen LogP contribution in [-0.4, -0.2) is 21.3 Å². The summed E-state index contributed by atoms with van der Waals surface area (Å²) in [6.07, 6.45) is 1.56. The third kappa shape index (κ3) is 2.87. The topological polar surface area (TPSA) is 59.8 Å². The number of halogens is 1. The molecule has 0 spiro atoms. The lowest BCUT2D eigenvalue weighted by molar-refractivity contribution is 0.628. The van der Waals surface area contributed by atoms with Crippen molar-refractivity contribution in [3.05, 3.63) is 51.5 Å². The molecule has 0 aliphatic carbocycles. The average Bonchev–Trinajstić information content (AvgIpc) is 2.36. The highest BCUT2D eigenvalue weighted by Crippen LogP contribution is 2.17. The maximum absolute atomic E-state index is 11.6. The highest BCUT2D eigenvalue weighted by Gasteiger charge is 2.06. The van der Waals surface area contributed by atoms with Gasteiger partial charge in [-0.1, -0.05) is 11.6 Å². The third-order valence-electron chi connectivity index (χ3n) is 2.36. The minimum absolute atomic E-state index is 0.177. The van der Waals surface area contributed by atoms with Crippen LogP contribution < -0.4 is 10.9 Å². The van der Waals surface area contributed by atoms with Crippen LogP contribution in [0, 0.1) is 0 Å². The summed E-state index contributed by atoms with van der Waals surface area (Å²) in [4.78, 5) is 15.9. The molecular formula is C12H13ClN4O. The Morgan fingerprint density at radius 3 is 2.94 bits per heavy atom. The number of hydrogen-bond donors (Lipinski definition) is 1. The predicted molar refractivity (Wildman–Crippen MR) is 71.0 cm³/mol. The van der Waals surface area contributed by atoms with Crippen molar-refractivity contribution in [1.82, 2.24) is 14.8 Å². The van der Waals surface area contributed by atoms with Gasteiger partial charge >= 0.3 is 0 Å². The van der Waals surface area contributed by atoms with E-state index in [0.29, 0.717) is 10.7 Å². The molecule has 0 fully saturated rings. The molecule has 2 aromatic heterocycles. The molecule has 0 aliphatic heterocycles. The van der Waals surface area contributed by atoms with E-state index in [2.05, 4.69) is 15.4 Å². The Morgan fingerprint density at radius 2 is 2.22 bits per heavy atom. The second-order valence-corrected chi connectivity index (χ2v) is 4.08. The van der Waals surface area contributed by atoms with Crippen molar-refractivity contribution in [2.24, 2.45) is 0 Å². The molecule has 0 amide bonds. The molecular weight excluding hydrogens is 252 g/mol. The molecule has 0 atom stereocenters. The first-order valence-electron chi connectivity index (χ1n) is 5.62. The number of rotatable bonds is 4. The van der Waals surface area contributed by atoms with Gasteiger partial charge in [0.1, 0.15) is 5.82 Å². The largest absolute Gasteiger partial charge is 0.370 e. The lowest BCUT2D eigenvalue weighted by atomic mass is 10.3. The molecule has 1 N–H and O–H groups in total. The fourth-order valence-electron chi connectivity index (χ4n) is 1.52. The normalized spacial score (nSPS) is 10.3. The van der Waals surface area contributed by atoms with Gasteiger partial charge in [-0.2, -0.15) is 5.10 Å². The van der Waals surface area contributed by atoms with Gasteiger partial charge in [0.05, 0.1) is 17.3 Å². The molecule has 18 heavy (non-hydrogen) atoms. The smallest absolute Gasteiger partial charge is 0.267 e. The molecule has 0 saturated heterocycles. The first-order chi connectivity index (χ1) is 8.70. The van der Waals surface area contributed by atoms with Crippen LogP contribution in [0.5, 0.6) is 0 Å². The van der Waals surface area contributed by atoms with E-state index in [1.807, 2.05) is 6.92 Å². The number of nitrogens with zero attached hydrogens (tertiary/aromatic N) is 3. The number of aromatic nitrogens is 3. The van der Waals surface area contributed by atoms with E-state index < -0.39 is 0 Å². The standard InChI is InChI=1S/C12H13ClN4O/c1-2-14-11-6-5-9(13)10(16-11)8-17-12(18)4-3-7-15-17/h3-7H,2,8H2,1H3,(H,14,16). The molecule has 2 rings (SSSR count). The van der Waals surface area contributed by atoms with Crippen molar-refractivity contribution < 1.29 is 0 Å². The van der Waals surface area contributed by atoms with Gasteiger partial charge in [-0.25, -0.2) is 9.67 Å². The van der Waals surface area contributed by atoms with Crippen LogP contribution >= 0.6 is 11.6 Å². The van der Waals surface area contributed by atoms with Crippen molar-refractivity contribution in [2.45, 2.75) is 13.5 Å². The molecule has 2 aromatic rings. The zero-order chi connectivity index (χ0) is 13.0. The average molecular weight is 265 g/mol. The van der Waals surface area contributed by atoms with Crippen LogP contribution in [0.3, 0.4) is 0 Å². The summed E-state index contributed by atoms with van der Waals surface area (Å²) in [6, 6.07) is 6.62. The molecule has 0 radical (unpaired) electrons. The molecule has 94 valence electrons. The van der Waals surface area contributed by atoms with E-state index in [9.17, 15) is 4.79 Å². The highest BCUT2D eigenvalue weighted by atomic mass is 35.5. The Morgan fingerprint density at radius 1 is 1.39 bits per heavy atom. The van der Waals surface area contributed by atoms with Crippen molar-refractivity contribution in [2.75, 3.05) is 11.9 Å². The lowest BCUT2D eigenvalue weighted by Crippen LogP contribution is -2.22. The van der Waals surface area contributed by atoms with E-state index in [0.717, 1.165) is 12.4 Å². The summed E-state index contributed by atoms with van der Waals surface area (Å²) in [6.45, 7) is 3.02. The summed E-state index contributed by atoms with van der Waals surface area (Å²) in [5, 5.41) is 7.60. The molecule has 2 heterocycles. The number of pyridine rings is 1. The summed E-state index contributed by atoms with van der Waals surface area (Å²) in [7, 11) is 0. The van der Waals surface area contributed by atoms with Crippen molar-refractivity contribution in [1.29, 1.82) is 0 Å². The van der Waals surface area contributed by atoms with Gasteiger partial charge in [-0.15, -0.1) is 0 Å².